The third-order valence-corrected chi connectivity index (χ3v) is 6.52. The van der Waals surface area contributed by atoms with E-state index in [9.17, 15) is 19.5 Å². The van der Waals surface area contributed by atoms with Crippen LogP contribution in [0.4, 0.5) is 10.6 Å². The number of fused-ring (bicyclic) bond motifs is 3. The molecule has 9 heteroatoms. The predicted octanol–water partition coefficient (Wildman–Crippen LogP) is 3.23. The van der Waals surface area contributed by atoms with E-state index in [1.807, 2.05) is 24.3 Å². The Morgan fingerprint density at radius 3 is 2.38 bits per heavy atom. The Morgan fingerprint density at radius 2 is 1.74 bits per heavy atom. The zero-order valence-corrected chi connectivity index (χ0v) is 18.5. The number of nitrogens with one attached hydrogen (secondary N) is 2. The summed E-state index contributed by atoms with van der Waals surface area (Å²) in [4.78, 5) is 36.1. The van der Waals surface area contributed by atoms with Crippen molar-refractivity contribution >= 4 is 23.8 Å². The van der Waals surface area contributed by atoms with E-state index in [4.69, 9.17) is 4.74 Å². The molecule has 34 heavy (non-hydrogen) atoms. The van der Waals surface area contributed by atoms with Gasteiger partial charge in [-0.15, -0.1) is 0 Å². The van der Waals surface area contributed by atoms with Gasteiger partial charge in [-0.25, -0.2) is 9.59 Å². The average molecular weight is 460 g/mol. The molecule has 2 aromatic carbocycles. The monoisotopic (exact) mass is 460 g/mol. The van der Waals surface area contributed by atoms with Crippen molar-refractivity contribution < 1.29 is 24.2 Å². The van der Waals surface area contributed by atoms with Gasteiger partial charge in [0.1, 0.15) is 18.0 Å². The number of ether oxygens (including phenoxy) is 1. The van der Waals surface area contributed by atoms with Crippen molar-refractivity contribution in [1.29, 1.82) is 0 Å². The highest BCUT2D eigenvalue weighted by molar-refractivity contribution is 6.00. The van der Waals surface area contributed by atoms with E-state index in [1.54, 1.807) is 7.05 Å². The Morgan fingerprint density at radius 1 is 1.09 bits per heavy atom. The standard InChI is InChI=1S/C25H24N4O5/c1-29-22(20(12-27-29)24(31)32)28-23(30)19-10-14(19)11-26-25(33)34-13-21-17-8-4-2-6-15(17)16-7-3-5-9-18(16)21/h2-9,12,14,19,21H,10-11,13H2,1H3,(H,26,33)(H,28,30)(H,31,32)/t14-,19-/m1/s1. The summed E-state index contributed by atoms with van der Waals surface area (Å²) in [6.45, 7) is 0.541. The molecule has 1 heterocycles. The number of aryl methyl sites for hydroxylation is 1. The summed E-state index contributed by atoms with van der Waals surface area (Å²) in [5.74, 6) is -1.64. The molecule has 1 fully saturated rings. The molecule has 1 aromatic heterocycles. The van der Waals surface area contributed by atoms with Gasteiger partial charge < -0.3 is 20.5 Å². The number of hydrogen-bond acceptors (Lipinski definition) is 5. The molecule has 2 amide bonds. The summed E-state index contributed by atoms with van der Waals surface area (Å²) in [5.41, 5.74) is 4.55. The van der Waals surface area contributed by atoms with Crippen LogP contribution in [0.5, 0.6) is 0 Å². The van der Waals surface area contributed by atoms with E-state index in [-0.39, 0.29) is 41.6 Å². The number of alkyl carbamates (subject to hydrolysis) is 1. The van der Waals surface area contributed by atoms with Crippen LogP contribution in [0, 0.1) is 11.8 Å². The number of aromatic carboxylic acids is 1. The van der Waals surface area contributed by atoms with Crippen LogP contribution in [0.3, 0.4) is 0 Å². The Bertz CT molecular complexity index is 1240. The Balaban J connectivity index is 1.12. The van der Waals surface area contributed by atoms with Crippen molar-refractivity contribution in [2.45, 2.75) is 12.3 Å². The fourth-order valence-corrected chi connectivity index (χ4v) is 4.61. The molecule has 2 aliphatic rings. The number of carboxylic acid groups (broad SMARTS) is 1. The van der Waals surface area contributed by atoms with Gasteiger partial charge in [0.25, 0.3) is 0 Å². The van der Waals surface area contributed by atoms with Crippen LogP contribution < -0.4 is 10.6 Å². The zero-order chi connectivity index (χ0) is 23.8. The van der Waals surface area contributed by atoms with Crippen molar-refractivity contribution in [3.8, 4) is 11.1 Å². The van der Waals surface area contributed by atoms with Crippen LogP contribution in [-0.2, 0) is 16.6 Å². The van der Waals surface area contributed by atoms with E-state index in [0.29, 0.717) is 13.0 Å². The van der Waals surface area contributed by atoms with Crippen LogP contribution in [0.15, 0.2) is 54.7 Å². The molecule has 5 rings (SSSR count). The summed E-state index contributed by atoms with van der Waals surface area (Å²) in [7, 11) is 1.56. The minimum Gasteiger partial charge on any atom is -0.477 e. The first kappa shape index (κ1) is 21.7. The van der Waals surface area contributed by atoms with Gasteiger partial charge in [-0.2, -0.15) is 5.10 Å². The maximum absolute atomic E-state index is 12.5. The molecule has 0 saturated heterocycles. The van der Waals surface area contributed by atoms with Crippen molar-refractivity contribution in [1.82, 2.24) is 15.1 Å². The van der Waals surface area contributed by atoms with Gasteiger partial charge in [0, 0.05) is 25.4 Å². The second-order valence-electron chi connectivity index (χ2n) is 8.63. The number of carbonyl (C=O) groups excluding carboxylic acids is 2. The number of aromatic nitrogens is 2. The number of hydrogen-bond donors (Lipinski definition) is 3. The largest absolute Gasteiger partial charge is 0.477 e. The predicted molar refractivity (Wildman–Crippen MR) is 123 cm³/mol. The van der Waals surface area contributed by atoms with E-state index in [2.05, 4.69) is 40.0 Å². The fourth-order valence-electron chi connectivity index (χ4n) is 4.61. The van der Waals surface area contributed by atoms with Gasteiger partial charge in [-0.05, 0) is 34.6 Å². The molecule has 174 valence electrons. The fraction of sp³-hybridized carbons (Fsp3) is 0.280. The van der Waals surface area contributed by atoms with Crippen molar-refractivity contribution in [3.05, 3.63) is 71.4 Å². The number of benzene rings is 2. The second-order valence-corrected chi connectivity index (χ2v) is 8.63. The van der Waals surface area contributed by atoms with Gasteiger partial charge in [-0.1, -0.05) is 48.5 Å². The highest BCUT2D eigenvalue weighted by Gasteiger charge is 2.43. The number of nitrogens with zero attached hydrogens (tertiary/aromatic N) is 2. The molecule has 2 atom stereocenters. The van der Waals surface area contributed by atoms with Gasteiger partial charge >= 0.3 is 12.1 Å². The van der Waals surface area contributed by atoms with Crippen molar-refractivity contribution in [3.63, 3.8) is 0 Å². The lowest BCUT2D eigenvalue weighted by molar-refractivity contribution is -0.117. The Kier molecular flexibility index (Phi) is 5.53. The first-order chi connectivity index (χ1) is 16.4. The van der Waals surface area contributed by atoms with E-state index >= 15 is 0 Å². The van der Waals surface area contributed by atoms with Crippen LogP contribution in [0.2, 0.25) is 0 Å². The topological polar surface area (TPSA) is 123 Å². The first-order valence-electron chi connectivity index (χ1n) is 11.1. The summed E-state index contributed by atoms with van der Waals surface area (Å²) in [6, 6.07) is 16.3. The lowest BCUT2D eigenvalue weighted by Crippen LogP contribution is -2.29. The van der Waals surface area contributed by atoms with Crippen LogP contribution >= 0.6 is 0 Å². The zero-order valence-electron chi connectivity index (χ0n) is 18.5. The number of carboxylic acids is 1. The lowest BCUT2D eigenvalue weighted by atomic mass is 9.98. The van der Waals surface area contributed by atoms with Crippen molar-refractivity contribution in [2.24, 2.45) is 18.9 Å². The number of amides is 2. The number of rotatable bonds is 7. The summed E-state index contributed by atoms with van der Waals surface area (Å²) in [5, 5.41) is 18.5. The molecule has 0 unspecified atom stereocenters. The molecule has 3 N–H and O–H groups in total. The third kappa shape index (κ3) is 4.00. The molecule has 9 nitrogen and oxygen atoms in total. The van der Waals surface area contributed by atoms with E-state index in [0.717, 1.165) is 11.1 Å². The van der Waals surface area contributed by atoms with E-state index in [1.165, 1.54) is 22.0 Å². The molecule has 2 aliphatic carbocycles. The van der Waals surface area contributed by atoms with E-state index < -0.39 is 12.1 Å². The highest BCUT2D eigenvalue weighted by Crippen LogP contribution is 2.44. The first-order valence-corrected chi connectivity index (χ1v) is 11.1. The van der Waals surface area contributed by atoms with Crippen molar-refractivity contribution in [2.75, 3.05) is 18.5 Å². The summed E-state index contributed by atoms with van der Waals surface area (Å²) in [6.07, 6.45) is 1.28. The molecular weight excluding hydrogens is 436 g/mol. The molecule has 1 saturated carbocycles. The SMILES string of the molecule is Cn1ncc(C(=O)O)c1NC(=O)[C@@H]1C[C@@H]1CNC(=O)OCC1c2ccccc2-c2ccccc21. The van der Waals surface area contributed by atoms with Gasteiger partial charge in [-0.3, -0.25) is 9.48 Å². The lowest BCUT2D eigenvalue weighted by Gasteiger charge is -2.14. The molecule has 0 radical (unpaired) electrons. The molecular formula is C25H24N4O5. The Labute approximate surface area is 195 Å². The quantitative estimate of drug-likeness (QED) is 0.498. The van der Waals surface area contributed by atoms with Crippen LogP contribution in [0.1, 0.15) is 33.8 Å². The highest BCUT2D eigenvalue weighted by atomic mass is 16.5. The second kappa shape index (κ2) is 8.66. The molecule has 3 aromatic rings. The van der Waals surface area contributed by atoms with Gasteiger partial charge in [0.05, 0.1) is 6.20 Å². The maximum atomic E-state index is 12.5. The molecule has 0 spiro atoms. The van der Waals surface area contributed by atoms with Crippen LogP contribution in [0.25, 0.3) is 11.1 Å². The van der Waals surface area contributed by atoms with Gasteiger partial charge in [0.15, 0.2) is 0 Å². The molecule has 0 aliphatic heterocycles. The van der Waals surface area contributed by atoms with Crippen LogP contribution in [-0.4, -0.2) is 46.0 Å². The third-order valence-electron chi connectivity index (χ3n) is 6.52. The molecule has 0 bridgehead atoms. The minimum atomic E-state index is -1.16. The normalized spacial score (nSPS) is 18.0. The smallest absolute Gasteiger partial charge is 0.407 e. The number of anilines is 1. The Hall–Kier alpha value is -4.14. The maximum Gasteiger partial charge on any atom is 0.407 e. The summed E-state index contributed by atoms with van der Waals surface area (Å²) >= 11 is 0. The van der Waals surface area contributed by atoms with Gasteiger partial charge in [0.2, 0.25) is 5.91 Å². The average Bonchev–Trinajstić information content (AvgIpc) is 3.43. The number of carbonyl (C=O) groups is 3. The summed E-state index contributed by atoms with van der Waals surface area (Å²) < 4.78 is 6.84. The minimum absolute atomic E-state index is 0.0140.